The molecular weight excluding hydrogens is 100 g/mol. The topological polar surface area (TPSA) is 9.23 Å². The Hall–Kier alpha value is -0.0400. The SMILES string of the molecule is [CH]1COC2CCCC12. The number of ether oxygens (including phenoxy) is 1. The second-order valence-electron chi connectivity index (χ2n) is 2.70. The van der Waals surface area contributed by atoms with Gasteiger partial charge in [0.1, 0.15) is 0 Å². The molecule has 1 heteroatoms. The summed E-state index contributed by atoms with van der Waals surface area (Å²) in [5.74, 6) is 0.829. The van der Waals surface area contributed by atoms with Gasteiger partial charge in [0.2, 0.25) is 0 Å². The average Bonchev–Trinajstić information content (AvgIpc) is 2.15. The maximum absolute atomic E-state index is 5.42. The number of hydrogen-bond donors (Lipinski definition) is 0. The van der Waals surface area contributed by atoms with Crippen LogP contribution in [0.1, 0.15) is 19.3 Å². The minimum Gasteiger partial charge on any atom is -0.378 e. The summed E-state index contributed by atoms with van der Waals surface area (Å²) >= 11 is 0. The molecular formula is C7H11O. The van der Waals surface area contributed by atoms with E-state index in [1.165, 1.54) is 19.3 Å². The molecule has 0 aromatic carbocycles. The molecule has 1 saturated carbocycles. The van der Waals surface area contributed by atoms with Crippen LogP contribution < -0.4 is 0 Å². The van der Waals surface area contributed by atoms with Gasteiger partial charge in [-0.1, -0.05) is 6.42 Å². The lowest BCUT2D eigenvalue weighted by atomic mass is 10.1. The largest absolute Gasteiger partial charge is 0.378 e. The van der Waals surface area contributed by atoms with Crippen molar-refractivity contribution < 1.29 is 4.74 Å². The third kappa shape index (κ3) is 0.576. The van der Waals surface area contributed by atoms with Crippen LogP contribution in [0.4, 0.5) is 0 Å². The lowest BCUT2D eigenvalue weighted by Crippen LogP contribution is -2.06. The van der Waals surface area contributed by atoms with Crippen molar-refractivity contribution in [3.8, 4) is 0 Å². The molecule has 1 heterocycles. The Kier molecular flexibility index (Phi) is 1.04. The van der Waals surface area contributed by atoms with Crippen molar-refractivity contribution in [1.29, 1.82) is 0 Å². The molecule has 1 saturated heterocycles. The molecule has 1 radical (unpaired) electrons. The molecule has 8 heavy (non-hydrogen) atoms. The van der Waals surface area contributed by atoms with E-state index in [0.717, 1.165) is 12.5 Å². The molecule has 2 aliphatic rings. The number of hydrogen-bond acceptors (Lipinski definition) is 1. The van der Waals surface area contributed by atoms with E-state index in [9.17, 15) is 0 Å². The highest BCUT2D eigenvalue weighted by molar-refractivity contribution is 4.93. The summed E-state index contributed by atoms with van der Waals surface area (Å²) < 4.78 is 5.42. The molecule has 2 fully saturated rings. The van der Waals surface area contributed by atoms with Crippen molar-refractivity contribution in [2.75, 3.05) is 6.61 Å². The van der Waals surface area contributed by atoms with Crippen molar-refractivity contribution in [3.63, 3.8) is 0 Å². The smallest absolute Gasteiger partial charge is 0.0607 e. The number of rotatable bonds is 0. The molecule has 0 N–H and O–H groups in total. The minimum atomic E-state index is 0.620. The van der Waals surface area contributed by atoms with Gasteiger partial charge in [0.05, 0.1) is 12.7 Å². The third-order valence-electron chi connectivity index (χ3n) is 2.21. The summed E-state index contributed by atoms with van der Waals surface area (Å²) in [4.78, 5) is 0. The quantitative estimate of drug-likeness (QED) is 0.459. The first-order chi connectivity index (χ1) is 3.97. The van der Waals surface area contributed by atoms with Gasteiger partial charge < -0.3 is 4.74 Å². The fourth-order valence-corrected chi connectivity index (χ4v) is 1.73. The van der Waals surface area contributed by atoms with E-state index in [1.807, 2.05) is 0 Å². The second kappa shape index (κ2) is 1.73. The molecule has 0 spiro atoms. The summed E-state index contributed by atoms with van der Waals surface area (Å²) in [6, 6.07) is 0. The van der Waals surface area contributed by atoms with Gasteiger partial charge >= 0.3 is 0 Å². The van der Waals surface area contributed by atoms with E-state index in [1.54, 1.807) is 0 Å². The predicted octanol–water partition coefficient (Wildman–Crippen LogP) is 1.39. The Morgan fingerprint density at radius 3 is 3.25 bits per heavy atom. The van der Waals surface area contributed by atoms with E-state index < -0.39 is 0 Å². The van der Waals surface area contributed by atoms with Crippen LogP contribution in [0.3, 0.4) is 0 Å². The molecule has 0 amide bonds. The molecule has 2 rings (SSSR count). The van der Waals surface area contributed by atoms with Gasteiger partial charge in [-0.3, -0.25) is 0 Å². The zero-order chi connectivity index (χ0) is 5.40. The maximum atomic E-state index is 5.42. The Morgan fingerprint density at radius 1 is 1.38 bits per heavy atom. The van der Waals surface area contributed by atoms with Gasteiger partial charge in [0, 0.05) is 0 Å². The molecule has 2 atom stereocenters. The first-order valence-corrected chi connectivity index (χ1v) is 3.42. The summed E-state index contributed by atoms with van der Waals surface area (Å²) in [5, 5.41) is 0. The van der Waals surface area contributed by atoms with E-state index in [2.05, 4.69) is 6.42 Å². The summed E-state index contributed by atoms with van der Waals surface area (Å²) in [6.45, 7) is 0.912. The Labute approximate surface area is 50.0 Å². The van der Waals surface area contributed by atoms with Crippen LogP contribution in [0.25, 0.3) is 0 Å². The lowest BCUT2D eigenvalue weighted by molar-refractivity contribution is 0.104. The lowest BCUT2D eigenvalue weighted by Gasteiger charge is -2.03. The monoisotopic (exact) mass is 111 g/mol. The van der Waals surface area contributed by atoms with E-state index in [-0.39, 0.29) is 0 Å². The summed E-state index contributed by atoms with van der Waals surface area (Å²) in [5.41, 5.74) is 0. The Bertz CT molecular complexity index is 70.4. The van der Waals surface area contributed by atoms with Crippen LogP contribution in [0.2, 0.25) is 0 Å². The van der Waals surface area contributed by atoms with Gasteiger partial charge in [0.25, 0.3) is 0 Å². The maximum Gasteiger partial charge on any atom is 0.0607 e. The fourth-order valence-electron chi connectivity index (χ4n) is 1.73. The van der Waals surface area contributed by atoms with Crippen molar-refractivity contribution in [1.82, 2.24) is 0 Å². The minimum absolute atomic E-state index is 0.620. The van der Waals surface area contributed by atoms with E-state index in [0.29, 0.717) is 6.10 Å². The third-order valence-corrected chi connectivity index (χ3v) is 2.21. The molecule has 0 bridgehead atoms. The van der Waals surface area contributed by atoms with Crippen LogP contribution in [-0.2, 0) is 4.74 Å². The fraction of sp³-hybridized carbons (Fsp3) is 0.857. The van der Waals surface area contributed by atoms with Crippen LogP contribution >= 0.6 is 0 Å². The van der Waals surface area contributed by atoms with Crippen molar-refractivity contribution in [2.24, 2.45) is 5.92 Å². The Balaban J connectivity index is 2.04. The van der Waals surface area contributed by atoms with E-state index in [4.69, 9.17) is 4.74 Å². The molecule has 2 unspecified atom stereocenters. The van der Waals surface area contributed by atoms with Gasteiger partial charge in [-0.25, -0.2) is 0 Å². The highest BCUT2D eigenvalue weighted by Gasteiger charge is 2.32. The normalized spacial score (nSPS) is 45.0. The van der Waals surface area contributed by atoms with Crippen LogP contribution in [-0.4, -0.2) is 12.7 Å². The standard InChI is InChI=1S/C7H11O/c1-2-6-4-5-8-7(6)3-1/h4,6-7H,1-3,5H2. The zero-order valence-corrected chi connectivity index (χ0v) is 4.97. The molecule has 1 aliphatic heterocycles. The van der Waals surface area contributed by atoms with Crippen molar-refractivity contribution in [3.05, 3.63) is 6.42 Å². The summed E-state index contributed by atoms with van der Waals surface area (Å²) in [7, 11) is 0. The second-order valence-corrected chi connectivity index (χ2v) is 2.70. The van der Waals surface area contributed by atoms with Crippen LogP contribution in [0.5, 0.6) is 0 Å². The highest BCUT2D eigenvalue weighted by atomic mass is 16.5. The first-order valence-electron chi connectivity index (χ1n) is 3.42. The molecule has 0 aromatic rings. The summed E-state index contributed by atoms with van der Waals surface area (Å²) in [6.07, 6.45) is 7.00. The molecule has 0 aromatic heterocycles. The molecule has 45 valence electrons. The van der Waals surface area contributed by atoms with Crippen molar-refractivity contribution in [2.45, 2.75) is 25.4 Å². The van der Waals surface area contributed by atoms with Crippen LogP contribution in [0.15, 0.2) is 0 Å². The van der Waals surface area contributed by atoms with Gasteiger partial charge in [-0.05, 0) is 25.2 Å². The van der Waals surface area contributed by atoms with Gasteiger partial charge in [0.15, 0.2) is 0 Å². The predicted molar refractivity (Wildman–Crippen MR) is 31.4 cm³/mol. The first kappa shape index (κ1) is 4.80. The average molecular weight is 111 g/mol. The number of fused-ring (bicyclic) bond motifs is 1. The van der Waals surface area contributed by atoms with E-state index >= 15 is 0 Å². The zero-order valence-electron chi connectivity index (χ0n) is 4.97. The van der Waals surface area contributed by atoms with Gasteiger partial charge in [-0.15, -0.1) is 0 Å². The highest BCUT2D eigenvalue weighted by Crippen LogP contribution is 2.34. The van der Waals surface area contributed by atoms with Gasteiger partial charge in [-0.2, -0.15) is 0 Å². The molecule has 1 aliphatic carbocycles. The van der Waals surface area contributed by atoms with Crippen LogP contribution in [0, 0.1) is 12.3 Å². The molecule has 1 nitrogen and oxygen atoms in total. The Morgan fingerprint density at radius 2 is 2.38 bits per heavy atom. The van der Waals surface area contributed by atoms with Crippen molar-refractivity contribution >= 4 is 0 Å².